The normalized spacial score (nSPS) is 15.1. The van der Waals surface area contributed by atoms with Crippen molar-refractivity contribution in [3.8, 4) is 11.5 Å². The van der Waals surface area contributed by atoms with Crippen molar-refractivity contribution in [2.75, 3.05) is 23.3 Å². The molecular formula is C19H23N7O. The first-order chi connectivity index (χ1) is 13.1. The third-order valence-corrected chi connectivity index (χ3v) is 4.66. The number of aryl methyl sites for hydroxylation is 3. The number of nitrogens with zero attached hydrogens (tertiary/aromatic N) is 6. The quantitative estimate of drug-likeness (QED) is 0.754. The van der Waals surface area contributed by atoms with E-state index in [4.69, 9.17) is 4.52 Å². The van der Waals surface area contributed by atoms with Gasteiger partial charge in [0, 0.05) is 42.7 Å². The molecule has 1 aliphatic heterocycles. The van der Waals surface area contributed by atoms with Crippen LogP contribution in [0.1, 0.15) is 30.2 Å². The first-order valence-corrected chi connectivity index (χ1v) is 9.17. The zero-order valence-electron chi connectivity index (χ0n) is 15.8. The molecule has 140 valence electrons. The Bertz CT molecular complexity index is 911. The monoisotopic (exact) mass is 365 g/mol. The van der Waals surface area contributed by atoms with E-state index in [1.54, 1.807) is 6.20 Å². The Balaban J connectivity index is 1.39. The van der Waals surface area contributed by atoms with Crippen LogP contribution in [0, 0.1) is 20.8 Å². The van der Waals surface area contributed by atoms with E-state index in [0.717, 1.165) is 54.6 Å². The van der Waals surface area contributed by atoms with Gasteiger partial charge in [-0.25, -0.2) is 15.0 Å². The molecule has 0 bridgehead atoms. The maximum Gasteiger partial charge on any atom is 0.258 e. The summed E-state index contributed by atoms with van der Waals surface area (Å²) in [5.74, 6) is 3.81. The zero-order chi connectivity index (χ0) is 18.8. The number of aromatic nitrogens is 5. The van der Waals surface area contributed by atoms with E-state index in [0.29, 0.717) is 17.8 Å². The molecule has 0 atom stereocenters. The lowest BCUT2D eigenvalue weighted by molar-refractivity contribution is 0.425. The molecule has 0 unspecified atom stereocenters. The molecule has 4 heterocycles. The lowest BCUT2D eigenvalue weighted by Gasteiger charge is -2.33. The average molecular weight is 365 g/mol. The number of piperidine rings is 1. The number of pyridine rings is 1. The van der Waals surface area contributed by atoms with Crippen LogP contribution in [-0.2, 0) is 0 Å². The predicted molar refractivity (Wildman–Crippen MR) is 103 cm³/mol. The molecule has 0 aliphatic carbocycles. The second-order valence-electron chi connectivity index (χ2n) is 6.90. The minimum Gasteiger partial charge on any atom is -0.367 e. The van der Waals surface area contributed by atoms with Crippen molar-refractivity contribution in [1.82, 2.24) is 25.1 Å². The number of hydrogen-bond acceptors (Lipinski definition) is 8. The lowest BCUT2D eigenvalue weighted by Crippen LogP contribution is -2.39. The lowest BCUT2D eigenvalue weighted by atomic mass is 10.0. The van der Waals surface area contributed by atoms with Gasteiger partial charge >= 0.3 is 0 Å². The molecule has 1 fully saturated rings. The third-order valence-electron chi connectivity index (χ3n) is 4.66. The molecule has 1 saturated heterocycles. The first kappa shape index (κ1) is 17.4. The topological polar surface area (TPSA) is 92.9 Å². The first-order valence-electron chi connectivity index (χ1n) is 9.17. The Hall–Kier alpha value is -3.03. The van der Waals surface area contributed by atoms with Crippen LogP contribution < -0.4 is 10.2 Å². The second kappa shape index (κ2) is 7.30. The third kappa shape index (κ3) is 4.05. The zero-order valence-corrected chi connectivity index (χ0v) is 15.8. The van der Waals surface area contributed by atoms with Crippen molar-refractivity contribution in [3.63, 3.8) is 0 Å². The maximum absolute atomic E-state index is 5.24. The van der Waals surface area contributed by atoms with Crippen molar-refractivity contribution in [2.45, 2.75) is 39.7 Å². The average Bonchev–Trinajstić information content (AvgIpc) is 3.08. The van der Waals surface area contributed by atoms with Crippen LogP contribution in [0.4, 0.5) is 11.6 Å². The van der Waals surface area contributed by atoms with Gasteiger partial charge in [0.2, 0.25) is 0 Å². The van der Waals surface area contributed by atoms with Crippen LogP contribution in [0.25, 0.3) is 11.5 Å². The fourth-order valence-electron chi connectivity index (χ4n) is 3.38. The Morgan fingerprint density at radius 2 is 1.85 bits per heavy atom. The smallest absolute Gasteiger partial charge is 0.258 e. The molecule has 3 aromatic rings. The van der Waals surface area contributed by atoms with E-state index in [-0.39, 0.29) is 0 Å². The van der Waals surface area contributed by atoms with E-state index < -0.39 is 0 Å². The fraction of sp³-hybridized carbons (Fsp3) is 0.421. The highest BCUT2D eigenvalue weighted by Crippen LogP contribution is 2.23. The molecule has 27 heavy (non-hydrogen) atoms. The van der Waals surface area contributed by atoms with Crippen LogP contribution in [-0.4, -0.2) is 44.2 Å². The molecule has 4 rings (SSSR count). The molecule has 1 N–H and O–H groups in total. The molecule has 8 nitrogen and oxygen atoms in total. The minimum atomic E-state index is 0.373. The summed E-state index contributed by atoms with van der Waals surface area (Å²) in [6.07, 6.45) is 3.81. The molecule has 3 aromatic heterocycles. The molecule has 0 aromatic carbocycles. The van der Waals surface area contributed by atoms with E-state index in [1.165, 1.54) is 0 Å². The van der Waals surface area contributed by atoms with Crippen LogP contribution in [0.2, 0.25) is 0 Å². The number of rotatable bonds is 4. The van der Waals surface area contributed by atoms with Crippen molar-refractivity contribution >= 4 is 11.6 Å². The van der Waals surface area contributed by atoms with Gasteiger partial charge in [-0.1, -0.05) is 5.16 Å². The van der Waals surface area contributed by atoms with Crippen molar-refractivity contribution in [1.29, 1.82) is 0 Å². The molecule has 8 heteroatoms. The van der Waals surface area contributed by atoms with Gasteiger partial charge < -0.3 is 14.7 Å². The van der Waals surface area contributed by atoms with Crippen molar-refractivity contribution < 1.29 is 4.52 Å². The maximum atomic E-state index is 5.24. The molecular weight excluding hydrogens is 342 g/mol. The van der Waals surface area contributed by atoms with E-state index in [9.17, 15) is 0 Å². The van der Waals surface area contributed by atoms with Crippen LogP contribution in [0.3, 0.4) is 0 Å². The van der Waals surface area contributed by atoms with Crippen LogP contribution in [0.15, 0.2) is 28.9 Å². The number of hydrogen-bond donors (Lipinski definition) is 1. The van der Waals surface area contributed by atoms with Gasteiger partial charge in [0.25, 0.3) is 5.89 Å². The molecule has 0 saturated carbocycles. The summed E-state index contributed by atoms with van der Waals surface area (Å²) in [7, 11) is 0. The van der Waals surface area contributed by atoms with E-state index in [1.807, 2.05) is 32.9 Å². The summed E-state index contributed by atoms with van der Waals surface area (Å²) in [5, 5.41) is 7.38. The summed E-state index contributed by atoms with van der Waals surface area (Å²) in [4.78, 5) is 20.0. The van der Waals surface area contributed by atoms with E-state index in [2.05, 4.69) is 41.4 Å². The Labute approximate surface area is 158 Å². The summed E-state index contributed by atoms with van der Waals surface area (Å²) in [6, 6.07) is 6.26. The van der Waals surface area contributed by atoms with Gasteiger partial charge in [0.1, 0.15) is 17.5 Å². The minimum absolute atomic E-state index is 0.373. The van der Waals surface area contributed by atoms with Crippen LogP contribution in [0.5, 0.6) is 0 Å². The Kier molecular flexibility index (Phi) is 4.70. The summed E-state index contributed by atoms with van der Waals surface area (Å²) in [6.45, 7) is 7.67. The summed E-state index contributed by atoms with van der Waals surface area (Å²) >= 11 is 0. The number of anilines is 2. The van der Waals surface area contributed by atoms with E-state index >= 15 is 0 Å². The van der Waals surface area contributed by atoms with Gasteiger partial charge in [-0.3, -0.25) is 0 Å². The van der Waals surface area contributed by atoms with Gasteiger partial charge in [0.15, 0.2) is 5.82 Å². The highest BCUT2D eigenvalue weighted by atomic mass is 16.5. The standard InChI is InChI=1S/C19H23N7O/c1-12-10-18(22-13(2)21-12)26-8-5-16(6-9-26)24-17-11-15(4-7-20-17)19-23-14(3)25-27-19/h4,7,10-11,16H,5-6,8-9H2,1-3H3,(H,20,24). The molecule has 0 amide bonds. The highest BCUT2D eigenvalue weighted by Gasteiger charge is 2.21. The highest BCUT2D eigenvalue weighted by molar-refractivity contribution is 5.58. The van der Waals surface area contributed by atoms with Crippen molar-refractivity contribution in [3.05, 3.63) is 41.7 Å². The largest absolute Gasteiger partial charge is 0.367 e. The summed E-state index contributed by atoms with van der Waals surface area (Å²) < 4.78 is 5.24. The van der Waals surface area contributed by atoms with Gasteiger partial charge in [0.05, 0.1) is 0 Å². The van der Waals surface area contributed by atoms with Gasteiger partial charge in [-0.05, 0) is 45.7 Å². The molecule has 0 spiro atoms. The van der Waals surface area contributed by atoms with Crippen LogP contribution >= 0.6 is 0 Å². The molecule has 1 aliphatic rings. The van der Waals surface area contributed by atoms with Gasteiger partial charge in [-0.15, -0.1) is 0 Å². The molecule has 0 radical (unpaired) electrons. The second-order valence-corrected chi connectivity index (χ2v) is 6.90. The predicted octanol–water partition coefficient (Wildman–Crippen LogP) is 2.93. The Morgan fingerprint density at radius 3 is 2.56 bits per heavy atom. The Morgan fingerprint density at radius 1 is 1.04 bits per heavy atom. The SMILES string of the molecule is Cc1cc(N2CCC(Nc3cc(-c4nc(C)no4)ccn3)CC2)nc(C)n1. The number of nitrogens with one attached hydrogen (secondary N) is 1. The summed E-state index contributed by atoms with van der Waals surface area (Å²) in [5.41, 5.74) is 1.88. The van der Waals surface area contributed by atoms with Gasteiger partial charge in [-0.2, -0.15) is 4.98 Å². The van der Waals surface area contributed by atoms with Crippen molar-refractivity contribution in [2.24, 2.45) is 0 Å². The fourth-order valence-corrected chi connectivity index (χ4v) is 3.38.